The van der Waals surface area contributed by atoms with Crippen molar-refractivity contribution in [2.45, 2.75) is 12.5 Å². The van der Waals surface area contributed by atoms with Crippen molar-refractivity contribution in [2.24, 2.45) is 0 Å². The summed E-state index contributed by atoms with van der Waals surface area (Å²) in [5.74, 6) is -0.0527. The number of halogens is 1. The van der Waals surface area contributed by atoms with Crippen LogP contribution in [0.15, 0.2) is 42.5 Å². The Labute approximate surface area is 131 Å². The number of hydrogen-bond acceptors (Lipinski definition) is 2. The number of carbonyl (C=O) groups is 1. The molecule has 1 aliphatic heterocycles. The molecule has 1 aliphatic rings. The fourth-order valence-corrected chi connectivity index (χ4v) is 3.16. The summed E-state index contributed by atoms with van der Waals surface area (Å²) < 4.78 is 1.01. The summed E-state index contributed by atoms with van der Waals surface area (Å²) in [7, 11) is 0. The van der Waals surface area contributed by atoms with Gasteiger partial charge >= 0.3 is 0 Å². The van der Waals surface area contributed by atoms with Gasteiger partial charge in [0.15, 0.2) is 0 Å². The number of nitrogens with one attached hydrogen (secondary N) is 1. The molecule has 1 amide bonds. The average molecular weight is 379 g/mol. The first kappa shape index (κ1) is 13.6. The van der Waals surface area contributed by atoms with Crippen LogP contribution in [0.4, 0.5) is 0 Å². The first-order valence-corrected chi connectivity index (χ1v) is 7.58. The van der Waals surface area contributed by atoms with E-state index in [1.54, 1.807) is 6.07 Å². The van der Waals surface area contributed by atoms with Gasteiger partial charge in [-0.05, 0) is 57.8 Å². The molecule has 1 atom stereocenters. The van der Waals surface area contributed by atoms with Crippen molar-refractivity contribution in [3.63, 3.8) is 0 Å². The molecule has 0 saturated carbocycles. The predicted octanol–water partition coefficient (Wildman–Crippen LogP) is 2.66. The normalized spacial score (nSPS) is 15.4. The fraction of sp³-hybridized carbons (Fsp3) is 0.188. The highest BCUT2D eigenvalue weighted by Crippen LogP contribution is 2.28. The summed E-state index contributed by atoms with van der Waals surface area (Å²) in [5, 5.41) is 13.4. The lowest BCUT2D eigenvalue weighted by atomic mass is 9.94. The summed E-state index contributed by atoms with van der Waals surface area (Å²) in [4.78, 5) is 11.9. The molecule has 3 rings (SSSR count). The van der Waals surface area contributed by atoms with Crippen LogP contribution in [-0.4, -0.2) is 17.6 Å². The van der Waals surface area contributed by atoms with E-state index in [1.807, 2.05) is 36.4 Å². The van der Waals surface area contributed by atoms with Crippen molar-refractivity contribution >= 4 is 28.5 Å². The van der Waals surface area contributed by atoms with Crippen LogP contribution >= 0.6 is 22.6 Å². The summed E-state index contributed by atoms with van der Waals surface area (Å²) >= 11 is 2.21. The van der Waals surface area contributed by atoms with E-state index in [1.165, 1.54) is 0 Å². The van der Waals surface area contributed by atoms with Gasteiger partial charge in [-0.3, -0.25) is 4.79 Å². The number of fused-ring (bicyclic) bond motifs is 1. The second-order valence-corrected chi connectivity index (χ2v) is 6.01. The molecule has 0 fully saturated rings. The van der Waals surface area contributed by atoms with Gasteiger partial charge in [-0.1, -0.05) is 30.3 Å². The smallest absolute Gasteiger partial charge is 0.251 e. The first-order valence-electron chi connectivity index (χ1n) is 6.50. The Morgan fingerprint density at radius 1 is 1.20 bits per heavy atom. The van der Waals surface area contributed by atoms with E-state index in [2.05, 4.69) is 27.9 Å². The number of aliphatic hydroxyl groups is 1. The molecular formula is C16H14INO2. The molecular weight excluding hydrogens is 365 g/mol. The number of amides is 1. The highest BCUT2D eigenvalue weighted by Gasteiger charge is 2.20. The molecule has 0 bridgehead atoms. The van der Waals surface area contributed by atoms with E-state index < -0.39 is 6.10 Å². The zero-order valence-corrected chi connectivity index (χ0v) is 12.9. The third kappa shape index (κ3) is 2.45. The Kier molecular flexibility index (Phi) is 3.76. The van der Waals surface area contributed by atoms with E-state index in [0.29, 0.717) is 12.1 Å². The number of aliphatic hydroxyl groups excluding tert-OH is 1. The molecule has 0 radical (unpaired) electrons. The Bertz CT molecular complexity index is 669. The van der Waals surface area contributed by atoms with Gasteiger partial charge in [0, 0.05) is 15.7 Å². The second kappa shape index (κ2) is 5.54. The molecule has 4 heteroatoms. The summed E-state index contributed by atoms with van der Waals surface area (Å²) in [6.45, 7) is 0.685. The van der Waals surface area contributed by atoms with Crippen LogP contribution in [0.1, 0.15) is 33.2 Å². The van der Waals surface area contributed by atoms with Crippen molar-refractivity contribution in [3.8, 4) is 0 Å². The third-order valence-corrected chi connectivity index (χ3v) is 4.56. The van der Waals surface area contributed by atoms with Crippen LogP contribution in [0.25, 0.3) is 0 Å². The molecule has 2 N–H and O–H groups in total. The van der Waals surface area contributed by atoms with Gasteiger partial charge in [0.25, 0.3) is 5.91 Å². The van der Waals surface area contributed by atoms with Crippen molar-refractivity contribution in [1.29, 1.82) is 0 Å². The number of benzene rings is 2. The van der Waals surface area contributed by atoms with Gasteiger partial charge in [-0.15, -0.1) is 0 Å². The fourth-order valence-electron chi connectivity index (χ4n) is 2.48. The molecule has 0 spiro atoms. The Morgan fingerprint density at radius 2 is 2.00 bits per heavy atom. The highest BCUT2D eigenvalue weighted by molar-refractivity contribution is 14.1. The molecule has 102 valence electrons. The molecule has 0 aliphatic carbocycles. The Balaban J connectivity index is 2.01. The van der Waals surface area contributed by atoms with Gasteiger partial charge in [-0.25, -0.2) is 0 Å². The van der Waals surface area contributed by atoms with Gasteiger partial charge in [-0.2, -0.15) is 0 Å². The minimum atomic E-state index is -0.705. The van der Waals surface area contributed by atoms with E-state index in [-0.39, 0.29) is 5.91 Å². The molecule has 1 unspecified atom stereocenters. The lowest BCUT2D eigenvalue weighted by molar-refractivity contribution is 0.0945. The maximum absolute atomic E-state index is 11.9. The van der Waals surface area contributed by atoms with Crippen LogP contribution in [0.3, 0.4) is 0 Å². The topological polar surface area (TPSA) is 49.3 Å². The van der Waals surface area contributed by atoms with Crippen LogP contribution in [0.5, 0.6) is 0 Å². The SMILES string of the molecule is O=C1NCCc2ccc(C(O)c3ccccc3I)cc21. The van der Waals surface area contributed by atoms with E-state index in [9.17, 15) is 9.90 Å². The molecule has 2 aromatic carbocycles. The third-order valence-electron chi connectivity index (χ3n) is 3.57. The first-order chi connectivity index (χ1) is 9.66. The summed E-state index contributed by atoms with van der Waals surface area (Å²) in [6.07, 6.45) is 0.142. The minimum Gasteiger partial charge on any atom is -0.384 e. The largest absolute Gasteiger partial charge is 0.384 e. The van der Waals surface area contributed by atoms with Gasteiger partial charge in [0.1, 0.15) is 6.10 Å². The minimum absolute atomic E-state index is 0.0527. The highest BCUT2D eigenvalue weighted by atomic mass is 127. The quantitative estimate of drug-likeness (QED) is 0.789. The number of hydrogen-bond donors (Lipinski definition) is 2. The average Bonchev–Trinajstić information content (AvgIpc) is 2.47. The predicted molar refractivity (Wildman–Crippen MR) is 85.7 cm³/mol. The Hall–Kier alpha value is -1.40. The molecule has 2 aromatic rings. The molecule has 3 nitrogen and oxygen atoms in total. The number of rotatable bonds is 2. The Morgan fingerprint density at radius 3 is 2.80 bits per heavy atom. The van der Waals surface area contributed by atoms with Crippen molar-refractivity contribution < 1.29 is 9.90 Å². The van der Waals surface area contributed by atoms with Crippen molar-refractivity contribution in [1.82, 2.24) is 5.32 Å². The zero-order valence-electron chi connectivity index (χ0n) is 10.8. The second-order valence-electron chi connectivity index (χ2n) is 4.85. The maximum atomic E-state index is 11.9. The lowest BCUT2D eigenvalue weighted by Gasteiger charge is -2.19. The molecule has 0 aromatic heterocycles. The van der Waals surface area contributed by atoms with Crippen LogP contribution in [-0.2, 0) is 6.42 Å². The van der Waals surface area contributed by atoms with Crippen molar-refractivity contribution in [3.05, 3.63) is 68.3 Å². The van der Waals surface area contributed by atoms with E-state index >= 15 is 0 Å². The van der Waals surface area contributed by atoms with Crippen LogP contribution in [0.2, 0.25) is 0 Å². The summed E-state index contributed by atoms with van der Waals surface area (Å²) in [6, 6.07) is 13.4. The molecule has 1 heterocycles. The van der Waals surface area contributed by atoms with Gasteiger partial charge < -0.3 is 10.4 Å². The van der Waals surface area contributed by atoms with Gasteiger partial charge in [0.05, 0.1) is 0 Å². The van der Waals surface area contributed by atoms with Crippen LogP contribution < -0.4 is 5.32 Å². The maximum Gasteiger partial charge on any atom is 0.251 e. The summed E-state index contributed by atoms with van der Waals surface area (Å²) in [5.41, 5.74) is 3.35. The standard InChI is InChI=1S/C16H14INO2/c17-14-4-2-1-3-12(14)15(19)11-6-5-10-7-8-18-16(20)13(10)9-11/h1-6,9,15,19H,7-8H2,(H,18,20). The zero-order chi connectivity index (χ0) is 14.1. The van der Waals surface area contributed by atoms with E-state index in [0.717, 1.165) is 26.7 Å². The van der Waals surface area contributed by atoms with E-state index in [4.69, 9.17) is 0 Å². The van der Waals surface area contributed by atoms with Gasteiger partial charge in [0.2, 0.25) is 0 Å². The molecule has 20 heavy (non-hydrogen) atoms. The lowest BCUT2D eigenvalue weighted by Crippen LogP contribution is -2.31. The number of carbonyl (C=O) groups excluding carboxylic acids is 1. The van der Waals surface area contributed by atoms with Crippen molar-refractivity contribution in [2.75, 3.05) is 6.54 Å². The van der Waals surface area contributed by atoms with Crippen LogP contribution in [0, 0.1) is 3.57 Å². The monoisotopic (exact) mass is 379 g/mol. The molecule has 0 saturated heterocycles.